The highest BCUT2D eigenvalue weighted by Crippen LogP contribution is 2.29. The largest absolute Gasteiger partial charge is 0.495 e. The second kappa shape index (κ2) is 11.2. The number of hydrogen-bond acceptors (Lipinski definition) is 8. The van der Waals surface area contributed by atoms with Gasteiger partial charge in [0.05, 0.1) is 38.4 Å². The van der Waals surface area contributed by atoms with Crippen LogP contribution in [0.2, 0.25) is 0 Å². The van der Waals surface area contributed by atoms with Crippen molar-refractivity contribution in [1.29, 1.82) is 0 Å². The molecule has 0 fully saturated rings. The maximum absolute atomic E-state index is 13.2. The third-order valence-electron chi connectivity index (χ3n) is 4.93. The van der Waals surface area contributed by atoms with Crippen molar-refractivity contribution in [1.82, 2.24) is 15.2 Å². The van der Waals surface area contributed by atoms with E-state index in [0.29, 0.717) is 28.9 Å². The molecule has 34 heavy (non-hydrogen) atoms. The van der Waals surface area contributed by atoms with Crippen LogP contribution < -0.4 is 15.4 Å². The lowest BCUT2D eigenvalue weighted by Crippen LogP contribution is -2.35. The van der Waals surface area contributed by atoms with Gasteiger partial charge in [-0.25, -0.2) is 4.98 Å². The summed E-state index contributed by atoms with van der Waals surface area (Å²) in [5.74, 6) is 1.47. The summed E-state index contributed by atoms with van der Waals surface area (Å²) in [4.78, 5) is 31.6. The number of amides is 2. The fourth-order valence-electron chi connectivity index (χ4n) is 3.22. The first-order valence-corrected chi connectivity index (χ1v) is 11.5. The van der Waals surface area contributed by atoms with Crippen molar-refractivity contribution < 1.29 is 23.2 Å². The molecule has 3 heterocycles. The normalized spacial score (nSPS) is 10.6. The molecular weight excluding hydrogens is 456 g/mol. The zero-order chi connectivity index (χ0) is 23.8. The van der Waals surface area contributed by atoms with Gasteiger partial charge in [-0.3, -0.25) is 9.59 Å². The Hall–Kier alpha value is -4.05. The number of furan rings is 2. The van der Waals surface area contributed by atoms with E-state index in [1.54, 1.807) is 54.2 Å². The molecule has 0 radical (unpaired) electrons. The standard InChI is InChI=1S/C24H24N4O5S/c1-31-21-9-3-2-8-19(21)26-24-27-20(16-34-24)23(30)28(15-18-7-5-13-33-18)11-10-22(29)25-14-17-6-4-12-32-17/h2-9,12-13,16H,10-11,14-15H2,1H3,(H,25,29)(H,26,27). The zero-order valence-electron chi connectivity index (χ0n) is 18.5. The summed E-state index contributed by atoms with van der Waals surface area (Å²) in [6, 6.07) is 14.5. The van der Waals surface area contributed by atoms with Crippen LogP contribution in [0.5, 0.6) is 5.75 Å². The molecule has 10 heteroatoms. The summed E-state index contributed by atoms with van der Waals surface area (Å²) >= 11 is 1.31. The van der Waals surface area contributed by atoms with Crippen molar-refractivity contribution >= 4 is 34.0 Å². The fraction of sp³-hybridized carbons (Fsp3) is 0.208. The smallest absolute Gasteiger partial charge is 0.273 e. The molecule has 2 amide bonds. The predicted octanol–water partition coefficient (Wildman–Crippen LogP) is 4.43. The Morgan fingerprint density at radius 2 is 1.82 bits per heavy atom. The van der Waals surface area contributed by atoms with E-state index in [9.17, 15) is 9.59 Å². The van der Waals surface area contributed by atoms with E-state index in [2.05, 4.69) is 15.6 Å². The molecule has 0 unspecified atom stereocenters. The van der Waals surface area contributed by atoms with E-state index in [1.165, 1.54) is 11.3 Å². The van der Waals surface area contributed by atoms with Crippen LogP contribution in [0.4, 0.5) is 10.8 Å². The highest BCUT2D eigenvalue weighted by molar-refractivity contribution is 7.14. The average molecular weight is 481 g/mol. The van der Waals surface area contributed by atoms with Gasteiger partial charge in [-0.2, -0.15) is 0 Å². The molecule has 0 aliphatic rings. The van der Waals surface area contributed by atoms with E-state index in [-0.39, 0.29) is 37.0 Å². The van der Waals surface area contributed by atoms with Gasteiger partial charge in [-0.05, 0) is 36.4 Å². The van der Waals surface area contributed by atoms with E-state index in [1.807, 2.05) is 24.3 Å². The van der Waals surface area contributed by atoms with Gasteiger partial charge in [0.2, 0.25) is 5.91 Å². The van der Waals surface area contributed by atoms with Gasteiger partial charge in [-0.15, -0.1) is 11.3 Å². The number of nitrogens with zero attached hydrogens (tertiary/aromatic N) is 2. The quantitative estimate of drug-likeness (QED) is 0.327. The molecule has 4 aromatic rings. The first-order chi connectivity index (χ1) is 16.6. The number of para-hydroxylation sites is 2. The minimum atomic E-state index is -0.292. The minimum Gasteiger partial charge on any atom is -0.495 e. The van der Waals surface area contributed by atoms with Crippen molar-refractivity contribution in [3.8, 4) is 5.75 Å². The highest BCUT2D eigenvalue weighted by atomic mass is 32.1. The summed E-state index contributed by atoms with van der Waals surface area (Å²) < 4.78 is 16.0. The number of nitrogens with one attached hydrogen (secondary N) is 2. The van der Waals surface area contributed by atoms with Crippen LogP contribution in [0.3, 0.4) is 0 Å². The maximum Gasteiger partial charge on any atom is 0.273 e. The molecule has 0 aliphatic carbocycles. The van der Waals surface area contributed by atoms with Gasteiger partial charge in [0.1, 0.15) is 23.0 Å². The van der Waals surface area contributed by atoms with E-state index in [0.717, 1.165) is 5.69 Å². The van der Waals surface area contributed by atoms with Crippen LogP contribution in [0.1, 0.15) is 28.4 Å². The van der Waals surface area contributed by atoms with Crippen LogP contribution in [-0.4, -0.2) is 35.4 Å². The van der Waals surface area contributed by atoms with Crippen molar-refractivity contribution in [2.24, 2.45) is 0 Å². The molecule has 0 bridgehead atoms. The number of thiazole rings is 1. The number of carbonyl (C=O) groups excluding carboxylic acids is 2. The summed E-state index contributed by atoms with van der Waals surface area (Å²) in [5.41, 5.74) is 1.03. The van der Waals surface area contributed by atoms with Crippen LogP contribution in [0.25, 0.3) is 0 Å². The number of carbonyl (C=O) groups is 2. The Labute approximate surface area is 200 Å². The van der Waals surface area contributed by atoms with Crippen LogP contribution in [0, 0.1) is 0 Å². The van der Waals surface area contributed by atoms with Gasteiger partial charge >= 0.3 is 0 Å². The maximum atomic E-state index is 13.2. The number of ether oxygens (including phenoxy) is 1. The molecule has 4 rings (SSSR count). The summed E-state index contributed by atoms with van der Waals surface area (Å²) in [7, 11) is 1.59. The lowest BCUT2D eigenvalue weighted by molar-refractivity contribution is -0.121. The molecule has 2 N–H and O–H groups in total. The number of hydrogen-bond donors (Lipinski definition) is 2. The monoisotopic (exact) mass is 480 g/mol. The number of rotatable bonds is 11. The number of methoxy groups -OCH3 is 1. The fourth-order valence-corrected chi connectivity index (χ4v) is 3.92. The van der Waals surface area contributed by atoms with Gasteiger partial charge in [0.15, 0.2) is 5.13 Å². The van der Waals surface area contributed by atoms with Crippen LogP contribution in [-0.2, 0) is 17.9 Å². The number of anilines is 2. The second-order valence-electron chi connectivity index (χ2n) is 7.28. The van der Waals surface area contributed by atoms with E-state index in [4.69, 9.17) is 13.6 Å². The van der Waals surface area contributed by atoms with E-state index < -0.39 is 0 Å². The number of benzene rings is 1. The Balaban J connectivity index is 1.41. The van der Waals surface area contributed by atoms with Crippen LogP contribution in [0.15, 0.2) is 75.3 Å². The predicted molar refractivity (Wildman–Crippen MR) is 127 cm³/mol. The summed E-state index contributed by atoms with van der Waals surface area (Å²) in [6.45, 7) is 0.725. The van der Waals surface area contributed by atoms with Crippen molar-refractivity contribution in [2.45, 2.75) is 19.5 Å². The minimum absolute atomic E-state index is 0.129. The van der Waals surface area contributed by atoms with Gasteiger partial charge in [0.25, 0.3) is 5.91 Å². The third-order valence-corrected chi connectivity index (χ3v) is 5.69. The molecule has 0 atom stereocenters. The van der Waals surface area contributed by atoms with Gasteiger partial charge in [-0.1, -0.05) is 12.1 Å². The zero-order valence-corrected chi connectivity index (χ0v) is 19.3. The first-order valence-electron chi connectivity index (χ1n) is 10.6. The average Bonchev–Trinajstić information content (AvgIpc) is 3.64. The second-order valence-corrected chi connectivity index (χ2v) is 8.13. The molecule has 0 spiro atoms. The Kier molecular flexibility index (Phi) is 7.61. The molecular formula is C24H24N4O5S. The molecule has 176 valence electrons. The molecule has 0 saturated carbocycles. The van der Waals surface area contributed by atoms with Crippen molar-refractivity contribution in [3.63, 3.8) is 0 Å². The van der Waals surface area contributed by atoms with E-state index >= 15 is 0 Å². The summed E-state index contributed by atoms with van der Waals surface area (Å²) in [5, 5.41) is 8.22. The van der Waals surface area contributed by atoms with Crippen LogP contribution >= 0.6 is 11.3 Å². The first kappa shape index (κ1) is 23.1. The molecule has 1 aromatic carbocycles. The molecule has 9 nitrogen and oxygen atoms in total. The van der Waals surface area contributed by atoms with Crippen molar-refractivity contribution in [3.05, 3.63) is 83.7 Å². The SMILES string of the molecule is COc1ccccc1Nc1nc(C(=O)N(CCC(=O)NCc2ccco2)Cc2ccco2)cs1. The highest BCUT2D eigenvalue weighted by Gasteiger charge is 2.21. The topological polar surface area (TPSA) is 110 Å². The Morgan fingerprint density at radius 1 is 1.06 bits per heavy atom. The molecule has 3 aromatic heterocycles. The lowest BCUT2D eigenvalue weighted by Gasteiger charge is -2.20. The third kappa shape index (κ3) is 6.04. The Morgan fingerprint density at radius 3 is 2.56 bits per heavy atom. The molecule has 0 saturated heterocycles. The Bertz CT molecular complexity index is 1200. The van der Waals surface area contributed by atoms with Gasteiger partial charge in [0, 0.05) is 18.3 Å². The number of aromatic nitrogens is 1. The van der Waals surface area contributed by atoms with Gasteiger partial charge < -0.3 is 29.1 Å². The summed E-state index contributed by atoms with van der Waals surface area (Å²) in [6.07, 6.45) is 3.23. The molecule has 0 aliphatic heterocycles. The lowest BCUT2D eigenvalue weighted by atomic mass is 10.3. The van der Waals surface area contributed by atoms with Crippen molar-refractivity contribution in [2.75, 3.05) is 19.0 Å².